The van der Waals surface area contributed by atoms with Crippen molar-refractivity contribution in [2.45, 2.75) is 45.5 Å². The fourth-order valence-electron chi connectivity index (χ4n) is 4.24. The second kappa shape index (κ2) is 11.4. The summed E-state index contributed by atoms with van der Waals surface area (Å²) in [4.78, 5) is 38.5. The number of carbonyl (C=O) groups is 3. The highest BCUT2D eigenvalue weighted by molar-refractivity contribution is 9.10. The number of amides is 1. The summed E-state index contributed by atoms with van der Waals surface area (Å²) in [5.74, 6) is -2.36. The monoisotopic (exact) mass is 628 g/mol. The summed E-state index contributed by atoms with van der Waals surface area (Å²) < 4.78 is 53.2. The van der Waals surface area contributed by atoms with Gasteiger partial charge in [0.15, 0.2) is 11.7 Å². The van der Waals surface area contributed by atoms with Gasteiger partial charge in [0, 0.05) is 6.42 Å². The molecule has 2 N–H and O–H groups in total. The number of esters is 2. The third kappa shape index (κ3) is 5.66. The first-order valence-corrected chi connectivity index (χ1v) is 13.5. The van der Waals surface area contributed by atoms with E-state index >= 15 is 0 Å². The minimum absolute atomic E-state index is 0.0113. The molecule has 1 aromatic carbocycles. The van der Waals surface area contributed by atoms with Crippen molar-refractivity contribution in [2.75, 3.05) is 23.8 Å². The first-order valence-electron chi connectivity index (χ1n) is 11.9. The Hall–Kier alpha value is -3.39. The molecule has 0 spiro atoms. The van der Waals surface area contributed by atoms with Crippen LogP contribution >= 0.6 is 27.3 Å². The molecule has 0 radical (unpaired) electrons. The maximum absolute atomic E-state index is 14.1. The highest BCUT2D eigenvalue weighted by Gasteiger charge is 2.48. The molecule has 1 aliphatic heterocycles. The van der Waals surface area contributed by atoms with E-state index in [1.54, 1.807) is 44.2 Å². The lowest BCUT2D eigenvalue weighted by Crippen LogP contribution is -2.35. The number of carbonyl (C=O) groups excluding carboxylic acids is 3. The summed E-state index contributed by atoms with van der Waals surface area (Å²) in [6.07, 6.45) is -4.98. The van der Waals surface area contributed by atoms with Crippen molar-refractivity contribution in [1.82, 2.24) is 9.78 Å². The molecular weight excluding hydrogens is 605 g/mol. The van der Waals surface area contributed by atoms with E-state index in [4.69, 9.17) is 9.47 Å². The van der Waals surface area contributed by atoms with E-state index in [9.17, 15) is 27.6 Å². The molecule has 0 aliphatic carbocycles. The van der Waals surface area contributed by atoms with Crippen LogP contribution in [0.3, 0.4) is 0 Å². The van der Waals surface area contributed by atoms with E-state index in [2.05, 4.69) is 31.7 Å². The molecular formula is C25H24BrF3N4O5S. The second-order valence-corrected chi connectivity index (χ2v) is 10.3. The lowest BCUT2D eigenvalue weighted by Gasteiger charge is -2.33. The number of rotatable bonds is 7. The quantitative estimate of drug-likeness (QED) is 0.296. The molecule has 4 rings (SSSR count). The molecule has 0 bridgehead atoms. The summed E-state index contributed by atoms with van der Waals surface area (Å²) in [6.45, 7) is 4.87. The molecule has 1 amide bonds. The van der Waals surface area contributed by atoms with Crippen molar-refractivity contribution in [2.24, 2.45) is 0 Å². The van der Waals surface area contributed by atoms with Crippen molar-refractivity contribution >= 4 is 55.9 Å². The van der Waals surface area contributed by atoms with Crippen molar-refractivity contribution in [1.29, 1.82) is 0 Å². The zero-order chi connectivity index (χ0) is 28.5. The maximum Gasteiger partial charge on any atom is 0.410 e. The smallest absolute Gasteiger partial charge is 0.410 e. The Balaban J connectivity index is 1.72. The van der Waals surface area contributed by atoms with E-state index < -0.39 is 36.1 Å². The molecule has 2 unspecified atom stereocenters. The maximum atomic E-state index is 14.1. The summed E-state index contributed by atoms with van der Waals surface area (Å²) in [7, 11) is 0. The summed E-state index contributed by atoms with van der Waals surface area (Å²) in [6, 6.07) is 5.98. The molecule has 1 aliphatic rings. The van der Waals surface area contributed by atoms with Crippen molar-refractivity contribution in [3.63, 3.8) is 0 Å². The molecule has 2 atom stereocenters. The Morgan fingerprint density at radius 1 is 1.15 bits per heavy atom. The number of ether oxygens (including phenoxy) is 2. The van der Waals surface area contributed by atoms with E-state index in [-0.39, 0.29) is 56.6 Å². The number of nitrogens with zero attached hydrogens (tertiary/aromatic N) is 2. The van der Waals surface area contributed by atoms with E-state index in [1.807, 2.05) is 0 Å². The number of alkyl halides is 3. The lowest BCUT2D eigenvalue weighted by molar-refractivity contribution is -0.173. The molecule has 3 heterocycles. The number of aromatic nitrogens is 2. The van der Waals surface area contributed by atoms with Crippen LogP contribution in [0.15, 0.2) is 34.8 Å². The fraction of sp³-hybridized carbons (Fsp3) is 0.360. The topological polar surface area (TPSA) is 112 Å². The van der Waals surface area contributed by atoms with Gasteiger partial charge in [-0.15, -0.1) is 11.3 Å². The van der Waals surface area contributed by atoms with Gasteiger partial charge >= 0.3 is 18.1 Å². The second-order valence-electron chi connectivity index (χ2n) is 8.51. The Bertz CT molecular complexity index is 1410. The molecule has 14 heteroatoms. The van der Waals surface area contributed by atoms with Gasteiger partial charge in [-0.05, 0) is 47.8 Å². The third-order valence-corrected chi connectivity index (χ3v) is 7.97. The normalized spacial score (nSPS) is 16.7. The Morgan fingerprint density at radius 2 is 1.79 bits per heavy atom. The molecule has 9 nitrogen and oxygen atoms in total. The fourth-order valence-corrected chi connectivity index (χ4v) is 5.88. The number of halogens is 4. The highest BCUT2D eigenvalue weighted by Crippen LogP contribution is 2.46. The van der Waals surface area contributed by atoms with Crippen LogP contribution in [0.4, 0.5) is 24.0 Å². The Labute approximate surface area is 233 Å². The average molecular weight is 629 g/mol. The number of anilines is 2. The van der Waals surface area contributed by atoms with Gasteiger partial charge in [-0.2, -0.15) is 18.3 Å². The van der Waals surface area contributed by atoms with Crippen LogP contribution in [-0.2, 0) is 9.47 Å². The SMILES string of the molecule is CCOC(=O)c1sc(NC(=O)c2nn3c(c2Br)NC(c2ccccc2)CC3C(F)(F)F)c(C(=O)OCC)c1C. The summed E-state index contributed by atoms with van der Waals surface area (Å²) in [5, 5.41) is 9.56. The first-order chi connectivity index (χ1) is 18.5. The van der Waals surface area contributed by atoms with E-state index in [1.165, 1.54) is 6.92 Å². The number of hydrogen-bond acceptors (Lipinski definition) is 8. The predicted molar refractivity (Wildman–Crippen MR) is 141 cm³/mol. The van der Waals surface area contributed by atoms with Crippen LogP contribution in [0.1, 0.15) is 74.0 Å². The van der Waals surface area contributed by atoms with Gasteiger partial charge in [0.1, 0.15) is 15.7 Å². The first kappa shape index (κ1) is 28.6. The zero-order valence-corrected chi connectivity index (χ0v) is 23.4. The number of fused-ring (bicyclic) bond motifs is 1. The molecule has 208 valence electrons. The zero-order valence-electron chi connectivity index (χ0n) is 21.0. The number of hydrogen-bond donors (Lipinski definition) is 2. The van der Waals surface area contributed by atoms with Gasteiger partial charge in [0.25, 0.3) is 5.91 Å². The standard InChI is InChI=1S/C25H24BrF3N4O5S/c1-4-37-23(35)16-12(3)19(24(36)38-5-2)39-22(16)31-21(34)18-17(26)20-30-14(13-9-7-6-8-10-13)11-15(25(27,28)29)33(20)32-18/h6-10,14-15,30H,4-5,11H2,1-3H3,(H,31,34). The van der Waals surface area contributed by atoms with Gasteiger partial charge in [-0.1, -0.05) is 30.3 Å². The molecule has 3 aromatic rings. The van der Waals surface area contributed by atoms with Crippen molar-refractivity contribution in [3.05, 3.63) is 62.1 Å². The van der Waals surface area contributed by atoms with Gasteiger partial charge in [-0.3, -0.25) is 4.79 Å². The van der Waals surface area contributed by atoms with Gasteiger partial charge in [-0.25, -0.2) is 14.3 Å². The van der Waals surface area contributed by atoms with E-state index in [0.717, 1.165) is 16.0 Å². The van der Waals surface area contributed by atoms with Crippen LogP contribution in [-0.4, -0.2) is 47.0 Å². The number of benzene rings is 1. The number of nitrogens with one attached hydrogen (secondary N) is 2. The third-order valence-electron chi connectivity index (χ3n) is 6.03. The Morgan fingerprint density at radius 3 is 2.41 bits per heavy atom. The minimum Gasteiger partial charge on any atom is -0.462 e. The summed E-state index contributed by atoms with van der Waals surface area (Å²) in [5.41, 5.74) is 0.518. The Kier molecular flexibility index (Phi) is 8.35. The molecule has 0 fully saturated rings. The van der Waals surface area contributed by atoms with Crippen LogP contribution in [0.2, 0.25) is 0 Å². The van der Waals surface area contributed by atoms with Crippen LogP contribution in [0.5, 0.6) is 0 Å². The average Bonchev–Trinajstić information content (AvgIpc) is 3.40. The predicted octanol–water partition coefficient (Wildman–Crippen LogP) is 6.28. The van der Waals surface area contributed by atoms with Gasteiger partial charge < -0.3 is 20.1 Å². The molecule has 39 heavy (non-hydrogen) atoms. The van der Waals surface area contributed by atoms with Crippen molar-refractivity contribution < 1.29 is 37.0 Å². The summed E-state index contributed by atoms with van der Waals surface area (Å²) >= 11 is 4.05. The van der Waals surface area contributed by atoms with Gasteiger partial charge in [0.05, 0.1) is 29.3 Å². The van der Waals surface area contributed by atoms with Crippen LogP contribution in [0, 0.1) is 6.92 Å². The molecule has 2 aromatic heterocycles. The number of thiophene rings is 1. The molecule has 0 saturated heterocycles. The van der Waals surface area contributed by atoms with Crippen molar-refractivity contribution in [3.8, 4) is 0 Å². The van der Waals surface area contributed by atoms with Gasteiger partial charge in [0.2, 0.25) is 0 Å². The van der Waals surface area contributed by atoms with Crippen LogP contribution in [0.25, 0.3) is 0 Å². The highest BCUT2D eigenvalue weighted by atomic mass is 79.9. The van der Waals surface area contributed by atoms with E-state index in [0.29, 0.717) is 5.56 Å². The minimum atomic E-state index is -4.64. The van der Waals surface area contributed by atoms with Crippen LogP contribution < -0.4 is 10.6 Å². The lowest BCUT2D eigenvalue weighted by atomic mass is 9.97. The largest absolute Gasteiger partial charge is 0.462 e. The molecule has 0 saturated carbocycles.